The number of hydrogen-bond acceptors (Lipinski definition) is 6. The van der Waals surface area contributed by atoms with Crippen molar-refractivity contribution in [3.05, 3.63) is 90.5 Å². The Bertz CT molecular complexity index is 1420. The Morgan fingerprint density at radius 3 is 2.27 bits per heavy atom. The van der Waals surface area contributed by atoms with Gasteiger partial charge in [-0.1, -0.05) is 48.5 Å². The Hall–Kier alpha value is -3.82. The van der Waals surface area contributed by atoms with Gasteiger partial charge in [0.2, 0.25) is 17.7 Å². The number of hydrogen-bond donors (Lipinski definition) is 3. The number of nitrogens with zero attached hydrogens (tertiary/aromatic N) is 1. The van der Waals surface area contributed by atoms with Crippen LogP contribution < -0.4 is 15.4 Å². The lowest BCUT2D eigenvalue weighted by atomic mass is 9.70. The topological polar surface area (TPSA) is 108 Å². The number of carbonyl (C=O) groups is 3. The first kappa shape index (κ1) is 27.4. The Labute approximate surface area is 243 Å². The summed E-state index contributed by atoms with van der Waals surface area (Å²) in [5.41, 5.74) is 2.22. The number of fused-ring (bicyclic) bond motifs is 1. The van der Waals surface area contributed by atoms with Gasteiger partial charge in [0, 0.05) is 16.6 Å². The third-order valence-electron chi connectivity index (χ3n) is 8.61. The Kier molecular flexibility index (Phi) is 7.48. The van der Waals surface area contributed by atoms with E-state index in [1.807, 2.05) is 60.7 Å². The molecule has 1 spiro atoms. The van der Waals surface area contributed by atoms with Gasteiger partial charge in [-0.15, -0.1) is 11.8 Å². The number of aliphatic hydroxyl groups excluding tert-OH is 1. The van der Waals surface area contributed by atoms with Gasteiger partial charge in [0.15, 0.2) is 0 Å². The first-order valence-electron chi connectivity index (χ1n) is 13.9. The SMILES string of the molecule is COc1ccc(NC(=O)C2N([C@@H](CO)Cc3ccccc3)C(=O)[C@@H]3[C@H](C(=O)Nc4ccccc4)[C@@H]4CCC23S4)cc1. The van der Waals surface area contributed by atoms with Crippen molar-refractivity contribution < 1.29 is 24.2 Å². The number of carbonyl (C=O) groups excluding carboxylic acids is 3. The molecule has 3 aliphatic heterocycles. The van der Waals surface area contributed by atoms with Gasteiger partial charge in [-0.3, -0.25) is 14.4 Å². The average Bonchev–Trinajstić information content (AvgIpc) is 3.64. The molecule has 0 aliphatic carbocycles. The van der Waals surface area contributed by atoms with Gasteiger partial charge in [0.05, 0.1) is 36.3 Å². The van der Waals surface area contributed by atoms with Crippen LogP contribution in [0.3, 0.4) is 0 Å². The maximum Gasteiger partial charge on any atom is 0.248 e. The summed E-state index contributed by atoms with van der Waals surface area (Å²) in [7, 11) is 1.58. The second kappa shape index (κ2) is 11.2. The predicted octanol–water partition coefficient (Wildman–Crippen LogP) is 3.97. The molecule has 41 heavy (non-hydrogen) atoms. The maximum absolute atomic E-state index is 14.4. The van der Waals surface area contributed by atoms with Crippen LogP contribution in [0.4, 0.5) is 11.4 Å². The summed E-state index contributed by atoms with van der Waals surface area (Å²) in [6.07, 6.45) is 1.78. The fraction of sp³-hybridized carbons (Fsp3) is 0.344. The lowest BCUT2D eigenvalue weighted by Crippen LogP contribution is -2.55. The van der Waals surface area contributed by atoms with Crippen molar-refractivity contribution in [1.82, 2.24) is 4.90 Å². The van der Waals surface area contributed by atoms with Gasteiger partial charge in [-0.25, -0.2) is 0 Å². The van der Waals surface area contributed by atoms with E-state index >= 15 is 0 Å². The van der Waals surface area contributed by atoms with E-state index in [1.165, 1.54) is 0 Å². The zero-order valence-electron chi connectivity index (χ0n) is 22.7. The first-order valence-corrected chi connectivity index (χ1v) is 14.8. The Balaban J connectivity index is 1.36. The van der Waals surface area contributed by atoms with E-state index in [-0.39, 0.29) is 29.6 Å². The molecule has 6 rings (SSSR count). The van der Waals surface area contributed by atoms with Crippen molar-refractivity contribution in [3.8, 4) is 5.75 Å². The van der Waals surface area contributed by atoms with Crippen LogP contribution in [0.5, 0.6) is 5.75 Å². The summed E-state index contributed by atoms with van der Waals surface area (Å²) in [5.74, 6) is -1.31. The molecule has 8 nitrogen and oxygen atoms in total. The maximum atomic E-state index is 14.4. The molecule has 0 saturated carbocycles. The summed E-state index contributed by atoms with van der Waals surface area (Å²) in [5, 5.41) is 16.6. The van der Waals surface area contributed by atoms with E-state index in [0.717, 1.165) is 12.0 Å². The van der Waals surface area contributed by atoms with E-state index in [1.54, 1.807) is 48.0 Å². The number of rotatable bonds is 9. The smallest absolute Gasteiger partial charge is 0.248 e. The van der Waals surface area contributed by atoms with Crippen LogP contribution in [0, 0.1) is 11.8 Å². The second-order valence-electron chi connectivity index (χ2n) is 10.9. The fourth-order valence-electron chi connectivity index (χ4n) is 6.85. The van der Waals surface area contributed by atoms with Gasteiger partial charge in [0.25, 0.3) is 0 Å². The fourth-order valence-corrected chi connectivity index (χ4v) is 9.06. The molecule has 3 saturated heterocycles. The average molecular weight is 572 g/mol. The molecule has 2 bridgehead atoms. The monoisotopic (exact) mass is 571 g/mol. The van der Waals surface area contributed by atoms with Crippen molar-refractivity contribution >= 4 is 40.9 Å². The van der Waals surface area contributed by atoms with Crippen molar-refractivity contribution in [2.24, 2.45) is 11.8 Å². The number of nitrogens with one attached hydrogen (secondary N) is 2. The van der Waals surface area contributed by atoms with Crippen molar-refractivity contribution in [1.29, 1.82) is 0 Å². The highest BCUT2D eigenvalue weighted by molar-refractivity contribution is 8.02. The quantitative estimate of drug-likeness (QED) is 0.359. The van der Waals surface area contributed by atoms with E-state index in [9.17, 15) is 19.5 Å². The predicted molar refractivity (Wildman–Crippen MR) is 159 cm³/mol. The van der Waals surface area contributed by atoms with Gasteiger partial charge in [0.1, 0.15) is 11.8 Å². The van der Waals surface area contributed by atoms with E-state index < -0.39 is 28.7 Å². The molecule has 3 heterocycles. The third kappa shape index (κ3) is 4.87. The van der Waals surface area contributed by atoms with Crippen molar-refractivity contribution in [2.75, 3.05) is 24.4 Å². The highest BCUT2D eigenvalue weighted by Crippen LogP contribution is 2.66. The van der Waals surface area contributed by atoms with Gasteiger partial charge >= 0.3 is 0 Å². The van der Waals surface area contributed by atoms with Crippen LogP contribution in [0.2, 0.25) is 0 Å². The zero-order valence-corrected chi connectivity index (χ0v) is 23.6. The third-order valence-corrected chi connectivity index (χ3v) is 10.6. The summed E-state index contributed by atoms with van der Waals surface area (Å²) in [6, 6.07) is 24.5. The van der Waals surface area contributed by atoms with Gasteiger partial charge in [-0.05, 0) is 61.2 Å². The van der Waals surface area contributed by atoms with Crippen LogP contribution in [-0.2, 0) is 20.8 Å². The zero-order chi connectivity index (χ0) is 28.6. The highest BCUT2D eigenvalue weighted by Gasteiger charge is 2.74. The van der Waals surface area contributed by atoms with Crippen LogP contribution >= 0.6 is 11.8 Å². The molecule has 3 N–H and O–H groups in total. The molecule has 212 valence electrons. The molecule has 3 aromatic carbocycles. The minimum Gasteiger partial charge on any atom is -0.497 e. The summed E-state index contributed by atoms with van der Waals surface area (Å²) in [6.45, 7) is -0.301. The number of methoxy groups -OCH3 is 1. The molecular formula is C32H33N3O5S. The molecular weight excluding hydrogens is 538 g/mol. The molecule has 3 amide bonds. The van der Waals surface area contributed by atoms with E-state index in [0.29, 0.717) is 30.0 Å². The molecule has 2 unspecified atom stereocenters. The molecule has 9 heteroatoms. The highest BCUT2D eigenvalue weighted by atomic mass is 32.2. The minimum absolute atomic E-state index is 0.0622. The molecule has 6 atom stereocenters. The number of anilines is 2. The van der Waals surface area contributed by atoms with Gasteiger partial charge in [-0.2, -0.15) is 0 Å². The molecule has 0 radical (unpaired) electrons. The van der Waals surface area contributed by atoms with Crippen LogP contribution in [0.15, 0.2) is 84.9 Å². The number of benzene rings is 3. The van der Waals surface area contributed by atoms with Crippen molar-refractivity contribution in [3.63, 3.8) is 0 Å². The van der Waals surface area contributed by atoms with Crippen LogP contribution in [0.1, 0.15) is 18.4 Å². The molecule has 3 aromatic rings. The lowest BCUT2D eigenvalue weighted by Gasteiger charge is -2.37. The lowest BCUT2D eigenvalue weighted by molar-refractivity contribution is -0.141. The number of likely N-dealkylation sites (tertiary alicyclic amines) is 1. The van der Waals surface area contributed by atoms with E-state index in [2.05, 4.69) is 10.6 Å². The number of para-hydroxylation sites is 1. The summed E-state index contributed by atoms with van der Waals surface area (Å²) in [4.78, 5) is 43.9. The van der Waals surface area contributed by atoms with Crippen molar-refractivity contribution in [2.45, 2.75) is 41.3 Å². The second-order valence-corrected chi connectivity index (χ2v) is 12.5. The van der Waals surface area contributed by atoms with Gasteiger partial charge < -0.3 is 25.4 Å². The molecule has 0 aromatic heterocycles. The molecule has 3 aliphatic rings. The number of thioether (sulfide) groups is 1. The number of aliphatic hydroxyl groups is 1. The number of amides is 3. The molecule has 3 fully saturated rings. The Morgan fingerprint density at radius 1 is 0.976 bits per heavy atom. The standard InChI is InChI=1S/C32H33N3O5S/c1-40-24-14-12-22(13-15-24)34-30(38)28-32-17-16-25(41-32)26(29(37)33-21-10-6-3-7-11-21)27(32)31(39)35(28)23(19-36)18-20-8-4-2-5-9-20/h2-15,23,25-28,36H,16-19H2,1H3,(H,33,37)(H,34,38)/t23-,25+,26-,27+,28?,32?/m1/s1. The summed E-state index contributed by atoms with van der Waals surface area (Å²) < 4.78 is 4.48. The van der Waals surface area contributed by atoms with Crippen LogP contribution in [-0.4, -0.2) is 63.5 Å². The first-order chi connectivity index (χ1) is 19.9. The number of ether oxygens (including phenoxy) is 1. The van der Waals surface area contributed by atoms with E-state index in [4.69, 9.17) is 4.74 Å². The minimum atomic E-state index is -0.840. The normalized spacial score (nSPS) is 26.9. The van der Waals surface area contributed by atoms with Crippen LogP contribution in [0.25, 0.3) is 0 Å². The summed E-state index contributed by atoms with van der Waals surface area (Å²) >= 11 is 1.61. The largest absolute Gasteiger partial charge is 0.497 e. The Morgan fingerprint density at radius 2 is 1.61 bits per heavy atom.